The lowest BCUT2D eigenvalue weighted by Gasteiger charge is -1.98. The van der Waals surface area contributed by atoms with Crippen molar-refractivity contribution in [1.29, 1.82) is 0 Å². The number of nitrogens with two attached hydrogens (primary N) is 1. The van der Waals surface area contributed by atoms with Crippen LogP contribution in [0, 0.1) is 0 Å². The molecule has 0 radical (unpaired) electrons. The van der Waals surface area contributed by atoms with Crippen LogP contribution in [0.3, 0.4) is 0 Å². The van der Waals surface area contributed by atoms with Gasteiger partial charge in [-0.1, -0.05) is 36.4 Å². The van der Waals surface area contributed by atoms with Crippen molar-refractivity contribution < 1.29 is 9.59 Å². The fourth-order valence-electron chi connectivity index (χ4n) is 1.08. The van der Waals surface area contributed by atoms with Crippen LogP contribution in [0.25, 0.3) is 6.08 Å². The Kier molecular flexibility index (Phi) is 4.95. The summed E-state index contributed by atoms with van der Waals surface area (Å²) < 4.78 is 0. The molecule has 0 fully saturated rings. The van der Waals surface area contributed by atoms with Crippen LogP contribution >= 0.6 is 0 Å². The smallest absolute Gasteiger partial charge is 0.291 e. The van der Waals surface area contributed by atoms with E-state index in [0.29, 0.717) is 13.1 Å². The first-order valence-corrected chi connectivity index (χ1v) is 4.99. The van der Waals surface area contributed by atoms with Gasteiger partial charge in [-0.05, 0) is 11.6 Å². The number of carbonyl (C=O) groups excluding carboxylic acids is 2. The number of amides is 1. The summed E-state index contributed by atoms with van der Waals surface area (Å²) >= 11 is 0. The number of ketones is 1. The summed E-state index contributed by atoms with van der Waals surface area (Å²) in [6.07, 6.45) is 2.85. The minimum absolute atomic E-state index is 0.309. The Hall–Kier alpha value is -1.94. The molecule has 0 spiro atoms. The standard InChI is InChI=1S/C12H14N2O2/c13-8-9-14-12(16)11(15)7-6-10-4-2-1-3-5-10/h1-7H,8-9,13H2,(H,14,16). The van der Waals surface area contributed by atoms with Gasteiger partial charge in [0, 0.05) is 13.1 Å². The minimum atomic E-state index is -0.627. The molecule has 4 nitrogen and oxygen atoms in total. The summed E-state index contributed by atoms with van der Waals surface area (Å²) in [6.45, 7) is 0.630. The monoisotopic (exact) mass is 218 g/mol. The topological polar surface area (TPSA) is 72.2 Å². The Morgan fingerprint density at radius 2 is 1.94 bits per heavy atom. The lowest BCUT2D eigenvalue weighted by Crippen LogP contribution is -2.33. The number of carbonyl (C=O) groups is 2. The van der Waals surface area contributed by atoms with E-state index in [0.717, 1.165) is 5.56 Å². The number of nitrogens with one attached hydrogen (secondary N) is 1. The average molecular weight is 218 g/mol. The summed E-state index contributed by atoms with van der Waals surface area (Å²) in [6, 6.07) is 9.30. The van der Waals surface area contributed by atoms with Gasteiger partial charge in [-0.25, -0.2) is 0 Å². The molecule has 3 N–H and O–H groups in total. The fraction of sp³-hybridized carbons (Fsp3) is 0.167. The largest absolute Gasteiger partial charge is 0.348 e. The third-order valence-corrected chi connectivity index (χ3v) is 1.88. The molecule has 0 heterocycles. The Morgan fingerprint density at radius 1 is 1.25 bits per heavy atom. The highest BCUT2D eigenvalue weighted by atomic mass is 16.2. The molecule has 0 aliphatic carbocycles. The van der Waals surface area contributed by atoms with Crippen LogP contribution in [0.1, 0.15) is 5.56 Å². The maximum atomic E-state index is 11.3. The lowest BCUT2D eigenvalue weighted by atomic mass is 10.2. The van der Waals surface area contributed by atoms with Gasteiger partial charge in [0.1, 0.15) is 0 Å². The van der Waals surface area contributed by atoms with E-state index in [1.807, 2.05) is 30.3 Å². The van der Waals surface area contributed by atoms with Crippen LogP contribution < -0.4 is 11.1 Å². The lowest BCUT2D eigenvalue weighted by molar-refractivity contribution is -0.135. The number of benzene rings is 1. The quantitative estimate of drug-likeness (QED) is 0.553. The first-order chi connectivity index (χ1) is 7.74. The van der Waals surface area contributed by atoms with E-state index in [1.54, 1.807) is 6.08 Å². The molecule has 1 rings (SSSR count). The highest BCUT2D eigenvalue weighted by molar-refractivity contribution is 6.41. The second-order valence-corrected chi connectivity index (χ2v) is 3.15. The molecule has 0 aliphatic heterocycles. The normalized spacial score (nSPS) is 10.3. The van der Waals surface area contributed by atoms with E-state index in [-0.39, 0.29) is 0 Å². The maximum absolute atomic E-state index is 11.3. The molecule has 0 aliphatic rings. The van der Waals surface area contributed by atoms with Crippen LogP contribution in [0.2, 0.25) is 0 Å². The summed E-state index contributed by atoms with van der Waals surface area (Å²) in [5.74, 6) is -1.20. The zero-order valence-corrected chi connectivity index (χ0v) is 8.85. The first-order valence-electron chi connectivity index (χ1n) is 4.99. The van der Waals surface area contributed by atoms with Crippen LogP contribution in [0.15, 0.2) is 36.4 Å². The van der Waals surface area contributed by atoms with Gasteiger partial charge in [-0.15, -0.1) is 0 Å². The van der Waals surface area contributed by atoms with E-state index >= 15 is 0 Å². The summed E-state index contributed by atoms with van der Waals surface area (Å²) in [5.41, 5.74) is 6.08. The Balaban J connectivity index is 2.51. The van der Waals surface area contributed by atoms with E-state index in [4.69, 9.17) is 5.73 Å². The second kappa shape index (κ2) is 6.53. The molecule has 1 aromatic rings. The predicted molar refractivity (Wildman–Crippen MR) is 62.5 cm³/mol. The molecule has 0 saturated heterocycles. The highest BCUT2D eigenvalue weighted by Gasteiger charge is 2.07. The Labute approximate surface area is 94.1 Å². The van der Waals surface area contributed by atoms with Crippen molar-refractivity contribution in [2.45, 2.75) is 0 Å². The van der Waals surface area contributed by atoms with E-state index in [9.17, 15) is 9.59 Å². The van der Waals surface area contributed by atoms with Crippen LogP contribution in [-0.4, -0.2) is 24.8 Å². The van der Waals surface area contributed by atoms with E-state index in [2.05, 4.69) is 5.32 Å². The molecule has 1 amide bonds. The molecular formula is C12H14N2O2. The SMILES string of the molecule is NCCNC(=O)C(=O)C=Cc1ccccc1. The van der Waals surface area contributed by atoms with Crippen LogP contribution in [0.4, 0.5) is 0 Å². The van der Waals surface area contributed by atoms with Gasteiger partial charge in [0.2, 0.25) is 5.78 Å². The van der Waals surface area contributed by atoms with Crippen molar-refractivity contribution in [2.24, 2.45) is 5.73 Å². The molecule has 4 heteroatoms. The minimum Gasteiger partial charge on any atom is -0.348 e. The summed E-state index contributed by atoms with van der Waals surface area (Å²) in [4.78, 5) is 22.4. The second-order valence-electron chi connectivity index (χ2n) is 3.15. The average Bonchev–Trinajstić information content (AvgIpc) is 2.34. The van der Waals surface area contributed by atoms with Crippen LogP contribution in [0.5, 0.6) is 0 Å². The van der Waals surface area contributed by atoms with Gasteiger partial charge in [-0.3, -0.25) is 9.59 Å². The van der Waals surface area contributed by atoms with Gasteiger partial charge in [0.25, 0.3) is 5.91 Å². The summed E-state index contributed by atoms with van der Waals surface area (Å²) in [7, 11) is 0. The van der Waals surface area contributed by atoms with Crippen molar-refractivity contribution in [1.82, 2.24) is 5.32 Å². The third-order valence-electron chi connectivity index (χ3n) is 1.88. The fourth-order valence-corrected chi connectivity index (χ4v) is 1.08. The number of hydrogen-bond donors (Lipinski definition) is 2. The molecule has 0 saturated carbocycles. The Morgan fingerprint density at radius 3 is 2.56 bits per heavy atom. The zero-order valence-electron chi connectivity index (χ0n) is 8.85. The maximum Gasteiger partial charge on any atom is 0.291 e. The van der Waals surface area contributed by atoms with Crippen molar-refractivity contribution in [3.63, 3.8) is 0 Å². The molecule has 0 unspecified atom stereocenters. The third kappa shape index (κ3) is 4.06. The van der Waals surface area contributed by atoms with Crippen molar-refractivity contribution in [3.8, 4) is 0 Å². The molecule has 84 valence electrons. The van der Waals surface area contributed by atoms with Crippen LogP contribution in [-0.2, 0) is 9.59 Å². The molecular weight excluding hydrogens is 204 g/mol. The molecule has 0 bridgehead atoms. The molecule has 16 heavy (non-hydrogen) atoms. The van der Waals surface area contributed by atoms with Gasteiger partial charge in [-0.2, -0.15) is 0 Å². The van der Waals surface area contributed by atoms with Gasteiger partial charge >= 0.3 is 0 Å². The van der Waals surface area contributed by atoms with Gasteiger partial charge in [0.05, 0.1) is 0 Å². The van der Waals surface area contributed by atoms with Crippen molar-refractivity contribution in [3.05, 3.63) is 42.0 Å². The van der Waals surface area contributed by atoms with Gasteiger partial charge < -0.3 is 11.1 Å². The zero-order chi connectivity index (χ0) is 11.8. The predicted octanol–water partition coefficient (Wildman–Crippen LogP) is 0.344. The van der Waals surface area contributed by atoms with E-state index in [1.165, 1.54) is 6.08 Å². The number of rotatable bonds is 5. The Bertz CT molecular complexity index is 385. The van der Waals surface area contributed by atoms with Gasteiger partial charge in [0.15, 0.2) is 0 Å². The molecule has 0 aromatic heterocycles. The first kappa shape index (κ1) is 12.1. The molecule has 0 atom stereocenters. The van der Waals surface area contributed by atoms with Crippen molar-refractivity contribution >= 4 is 17.8 Å². The highest BCUT2D eigenvalue weighted by Crippen LogP contribution is 2.00. The summed E-state index contributed by atoms with van der Waals surface area (Å²) in [5, 5.41) is 2.40. The van der Waals surface area contributed by atoms with E-state index < -0.39 is 11.7 Å². The molecule has 1 aromatic carbocycles. The number of hydrogen-bond acceptors (Lipinski definition) is 3. The van der Waals surface area contributed by atoms with Crippen molar-refractivity contribution in [2.75, 3.05) is 13.1 Å².